The van der Waals surface area contributed by atoms with E-state index in [1.54, 1.807) is 48.5 Å². The van der Waals surface area contributed by atoms with Gasteiger partial charge in [0, 0.05) is 0 Å². The number of hydrogen-bond acceptors (Lipinski definition) is 4. The summed E-state index contributed by atoms with van der Waals surface area (Å²) in [6.45, 7) is 3.65. The summed E-state index contributed by atoms with van der Waals surface area (Å²) in [4.78, 5) is 12.8. The maximum atomic E-state index is 12.7. The van der Waals surface area contributed by atoms with Gasteiger partial charge in [-0.25, -0.2) is 17.9 Å². The number of aryl methyl sites for hydroxylation is 2. The Bertz CT molecular complexity index is 1080. The third-order valence-corrected chi connectivity index (χ3v) is 6.02. The van der Waals surface area contributed by atoms with E-state index in [2.05, 4.69) is 4.72 Å². The molecule has 0 heterocycles. The molecule has 6 heteroatoms. The molecule has 1 atom stereocenters. The molecule has 0 amide bonds. The summed E-state index contributed by atoms with van der Waals surface area (Å²) < 4.78 is 33.5. The fraction of sp³-hybridized carbons (Fsp3) is 0.174. The number of hydrogen-bond donors (Lipinski definition) is 1. The molecule has 0 aromatic heterocycles. The molecule has 0 bridgehead atoms. The fourth-order valence-corrected chi connectivity index (χ4v) is 3.91. The van der Waals surface area contributed by atoms with Gasteiger partial charge in [-0.05, 0) is 43.2 Å². The number of carbonyl (C=O) groups is 1. The Morgan fingerprint density at radius 3 is 2.17 bits per heavy atom. The van der Waals surface area contributed by atoms with Gasteiger partial charge in [-0.2, -0.15) is 0 Å². The van der Waals surface area contributed by atoms with Gasteiger partial charge < -0.3 is 4.74 Å². The molecule has 0 saturated carbocycles. The van der Waals surface area contributed by atoms with Crippen molar-refractivity contribution in [2.24, 2.45) is 0 Å². The molecule has 0 saturated heterocycles. The van der Waals surface area contributed by atoms with Gasteiger partial charge in [0.25, 0.3) is 0 Å². The van der Waals surface area contributed by atoms with Gasteiger partial charge >= 0.3 is 5.97 Å². The average molecular weight is 410 g/mol. The second-order valence-electron chi connectivity index (χ2n) is 6.78. The first kappa shape index (κ1) is 20.8. The first-order valence-corrected chi connectivity index (χ1v) is 10.7. The van der Waals surface area contributed by atoms with E-state index < -0.39 is 22.1 Å². The number of sulfonamides is 1. The smallest absolute Gasteiger partial charge is 0.339 e. The highest BCUT2D eigenvalue weighted by molar-refractivity contribution is 7.89. The van der Waals surface area contributed by atoms with Crippen LogP contribution in [0.1, 0.15) is 33.2 Å². The zero-order valence-corrected chi connectivity index (χ0v) is 17.1. The number of carbonyl (C=O) groups excluding carboxylic acids is 1. The quantitative estimate of drug-likeness (QED) is 0.594. The van der Waals surface area contributed by atoms with Gasteiger partial charge in [0.15, 0.2) is 0 Å². The minimum atomic E-state index is -3.73. The van der Waals surface area contributed by atoms with Crippen LogP contribution in [0.5, 0.6) is 0 Å². The first-order chi connectivity index (χ1) is 13.9. The van der Waals surface area contributed by atoms with Gasteiger partial charge in [-0.3, -0.25) is 0 Å². The molecule has 0 unspecified atom stereocenters. The van der Waals surface area contributed by atoms with Crippen molar-refractivity contribution in [1.29, 1.82) is 0 Å². The van der Waals surface area contributed by atoms with Crippen LogP contribution in [0.2, 0.25) is 0 Å². The van der Waals surface area contributed by atoms with Crippen LogP contribution in [-0.4, -0.2) is 20.9 Å². The normalized spacial score (nSPS) is 12.3. The van der Waals surface area contributed by atoms with E-state index in [4.69, 9.17) is 4.74 Å². The van der Waals surface area contributed by atoms with Crippen molar-refractivity contribution in [1.82, 2.24) is 4.72 Å². The second-order valence-corrected chi connectivity index (χ2v) is 8.55. The zero-order valence-electron chi connectivity index (χ0n) is 16.3. The number of nitrogens with one attached hydrogen (secondary N) is 1. The molecular weight excluding hydrogens is 386 g/mol. The van der Waals surface area contributed by atoms with Crippen LogP contribution in [0, 0.1) is 13.8 Å². The van der Waals surface area contributed by atoms with Crippen LogP contribution in [0.25, 0.3) is 0 Å². The van der Waals surface area contributed by atoms with Crippen molar-refractivity contribution < 1.29 is 17.9 Å². The number of ether oxygens (including phenoxy) is 1. The molecule has 150 valence electrons. The van der Waals surface area contributed by atoms with Crippen LogP contribution in [0.4, 0.5) is 0 Å². The summed E-state index contributed by atoms with van der Waals surface area (Å²) in [7, 11) is -3.73. The molecule has 29 heavy (non-hydrogen) atoms. The molecule has 3 aromatic rings. The van der Waals surface area contributed by atoms with Crippen molar-refractivity contribution in [3.63, 3.8) is 0 Å². The number of rotatable bonds is 7. The second kappa shape index (κ2) is 9.03. The lowest BCUT2D eigenvalue weighted by Gasteiger charge is -2.20. The first-order valence-electron chi connectivity index (χ1n) is 9.25. The van der Waals surface area contributed by atoms with Crippen molar-refractivity contribution in [3.05, 3.63) is 101 Å². The molecule has 0 aliphatic heterocycles. The largest absolute Gasteiger partial charge is 0.452 e. The van der Waals surface area contributed by atoms with Crippen LogP contribution >= 0.6 is 0 Å². The summed E-state index contributed by atoms with van der Waals surface area (Å²) in [5.74, 6) is -0.494. The molecule has 0 aliphatic carbocycles. The molecule has 3 aromatic carbocycles. The average Bonchev–Trinajstić information content (AvgIpc) is 2.72. The summed E-state index contributed by atoms with van der Waals surface area (Å²) in [5.41, 5.74) is 2.93. The Morgan fingerprint density at radius 2 is 1.52 bits per heavy atom. The van der Waals surface area contributed by atoms with Crippen LogP contribution in [0.15, 0.2) is 83.8 Å². The Hall–Kier alpha value is -2.96. The van der Waals surface area contributed by atoms with Crippen LogP contribution in [0.3, 0.4) is 0 Å². The molecule has 0 fully saturated rings. The molecule has 3 rings (SSSR count). The van der Waals surface area contributed by atoms with Gasteiger partial charge in [-0.15, -0.1) is 0 Å². The monoisotopic (exact) mass is 409 g/mol. The molecule has 0 aliphatic rings. The molecule has 0 spiro atoms. The minimum Gasteiger partial charge on any atom is -0.452 e. The topological polar surface area (TPSA) is 72.5 Å². The van der Waals surface area contributed by atoms with Gasteiger partial charge in [0.05, 0.1) is 17.0 Å². The predicted molar refractivity (Wildman–Crippen MR) is 112 cm³/mol. The molecule has 0 radical (unpaired) electrons. The van der Waals surface area contributed by atoms with Gasteiger partial charge in [0.1, 0.15) is 6.10 Å². The molecule has 5 nitrogen and oxygen atoms in total. The van der Waals surface area contributed by atoms with E-state index in [0.29, 0.717) is 11.1 Å². The standard InChI is InChI=1S/C23H23NO4S/c1-17-12-14-20(15-13-17)29(26,27)24-16-22(19-9-4-3-5-10-19)28-23(25)21-11-7-6-8-18(21)2/h3-15,22,24H,16H2,1-2H3/t22-/m0/s1. The van der Waals surface area contributed by atoms with E-state index >= 15 is 0 Å². The van der Waals surface area contributed by atoms with Gasteiger partial charge in [-0.1, -0.05) is 66.2 Å². The van der Waals surface area contributed by atoms with E-state index in [1.807, 2.05) is 44.2 Å². The van der Waals surface area contributed by atoms with Gasteiger partial charge in [0.2, 0.25) is 10.0 Å². The van der Waals surface area contributed by atoms with Crippen LogP contribution in [-0.2, 0) is 14.8 Å². The predicted octanol–water partition coefficient (Wildman–Crippen LogP) is 4.18. The highest BCUT2D eigenvalue weighted by Crippen LogP contribution is 2.21. The highest BCUT2D eigenvalue weighted by Gasteiger charge is 2.22. The van der Waals surface area contributed by atoms with E-state index in [-0.39, 0.29) is 11.4 Å². The lowest BCUT2D eigenvalue weighted by molar-refractivity contribution is 0.0307. The maximum Gasteiger partial charge on any atom is 0.339 e. The summed E-state index contributed by atoms with van der Waals surface area (Å²) >= 11 is 0. The van der Waals surface area contributed by atoms with Crippen molar-refractivity contribution in [2.45, 2.75) is 24.8 Å². The minimum absolute atomic E-state index is 0.0716. The Kier molecular flexibility index (Phi) is 6.46. The summed E-state index contributed by atoms with van der Waals surface area (Å²) in [6.07, 6.45) is -0.761. The van der Waals surface area contributed by atoms with E-state index in [0.717, 1.165) is 11.1 Å². The van der Waals surface area contributed by atoms with Crippen molar-refractivity contribution >= 4 is 16.0 Å². The number of esters is 1. The van der Waals surface area contributed by atoms with Crippen LogP contribution < -0.4 is 4.72 Å². The Labute approximate surface area is 171 Å². The highest BCUT2D eigenvalue weighted by atomic mass is 32.2. The number of benzene rings is 3. The molecular formula is C23H23NO4S. The van der Waals surface area contributed by atoms with E-state index in [9.17, 15) is 13.2 Å². The lowest BCUT2D eigenvalue weighted by atomic mass is 10.1. The summed E-state index contributed by atoms with van der Waals surface area (Å²) in [5, 5.41) is 0. The Morgan fingerprint density at radius 1 is 0.897 bits per heavy atom. The zero-order chi connectivity index (χ0) is 20.9. The summed E-state index contributed by atoms with van der Waals surface area (Å²) in [6, 6.07) is 22.8. The fourth-order valence-electron chi connectivity index (χ4n) is 2.88. The SMILES string of the molecule is Cc1ccc(S(=O)(=O)NC[C@H](OC(=O)c2ccccc2C)c2ccccc2)cc1. The lowest BCUT2D eigenvalue weighted by Crippen LogP contribution is -2.30. The van der Waals surface area contributed by atoms with Crippen molar-refractivity contribution in [2.75, 3.05) is 6.54 Å². The third-order valence-electron chi connectivity index (χ3n) is 4.58. The maximum absolute atomic E-state index is 12.7. The van der Waals surface area contributed by atoms with E-state index in [1.165, 1.54) is 0 Å². The third kappa shape index (κ3) is 5.31. The Balaban J connectivity index is 1.80. The van der Waals surface area contributed by atoms with Crippen molar-refractivity contribution in [3.8, 4) is 0 Å². The molecule has 1 N–H and O–H groups in total.